The second-order valence-corrected chi connectivity index (χ2v) is 4.48. The van der Waals surface area contributed by atoms with E-state index >= 15 is 0 Å². The van der Waals surface area contributed by atoms with E-state index in [2.05, 4.69) is 5.32 Å². The van der Waals surface area contributed by atoms with Crippen molar-refractivity contribution in [1.82, 2.24) is 4.90 Å². The summed E-state index contributed by atoms with van der Waals surface area (Å²) in [5, 5.41) is 3.59. The number of rotatable bonds is 5. The maximum absolute atomic E-state index is 12.1. The van der Waals surface area contributed by atoms with Gasteiger partial charge >= 0.3 is 0 Å². The van der Waals surface area contributed by atoms with E-state index in [0.29, 0.717) is 29.5 Å². The summed E-state index contributed by atoms with van der Waals surface area (Å²) in [5.41, 5.74) is 7.01. The molecule has 0 spiro atoms. The number of likely N-dealkylation sites (N-methyl/N-ethyl adjacent to an activating group) is 1. The van der Waals surface area contributed by atoms with Crippen molar-refractivity contribution in [2.24, 2.45) is 0 Å². The van der Waals surface area contributed by atoms with Crippen LogP contribution in [-0.2, 0) is 4.79 Å². The van der Waals surface area contributed by atoms with Crippen LogP contribution in [0.1, 0.15) is 20.8 Å². The molecule has 0 heterocycles. The highest BCUT2D eigenvalue weighted by Gasteiger charge is 2.18. The summed E-state index contributed by atoms with van der Waals surface area (Å²) >= 11 is 5.93. The number of para-hydroxylation sites is 1. The molecule has 1 atom stereocenters. The van der Waals surface area contributed by atoms with Gasteiger partial charge < -0.3 is 16.0 Å². The summed E-state index contributed by atoms with van der Waals surface area (Å²) in [6.45, 7) is 7.14. The monoisotopic (exact) mass is 269 g/mol. The predicted octanol–water partition coefficient (Wildman–Crippen LogP) is 2.59. The molecule has 1 aromatic carbocycles. The van der Waals surface area contributed by atoms with E-state index < -0.39 is 0 Å². The van der Waals surface area contributed by atoms with Crippen molar-refractivity contribution >= 4 is 28.9 Å². The van der Waals surface area contributed by atoms with Gasteiger partial charge in [0.2, 0.25) is 5.91 Å². The zero-order chi connectivity index (χ0) is 13.7. The van der Waals surface area contributed by atoms with Crippen molar-refractivity contribution in [2.75, 3.05) is 24.1 Å². The lowest BCUT2D eigenvalue weighted by Gasteiger charge is -2.24. The predicted molar refractivity (Wildman–Crippen MR) is 76.9 cm³/mol. The second kappa shape index (κ2) is 6.50. The molecule has 3 N–H and O–H groups in total. The van der Waals surface area contributed by atoms with Crippen LogP contribution in [-0.4, -0.2) is 29.9 Å². The molecule has 0 fully saturated rings. The van der Waals surface area contributed by atoms with E-state index in [9.17, 15) is 4.79 Å². The minimum Gasteiger partial charge on any atom is -0.396 e. The quantitative estimate of drug-likeness (QED) is 0.808. The van der Waals surface area contributed by atoms with Gasteiger partial charge in [0, 0.05) is 13.1 Å². The van der Waals surface area contributed by atoms with Gasteiger partial charge in [-0.25, -0.2) is 0 Å². The number of halogens is 1. The fourth-order valence-electron chi connectivity index (χ4n) is 1.77. The first-order chi connectivity index (χ1) is 8.51. The lowest BCUT2D eigenvalue weighted by atomic mass is 10.2. The molecule has 0 aliphatic heterocycles. The number of nitrogens with one attached hydrogen (secondary N) is 1. The summed E-state index contributed by atoms with van der Waals surface area (Å²) in [5.74, 6) is 0.0550. The molecule has 0 bridgehead atoms. The zero-order valence-electron chi connectivity index (χ0n) is 11.0. The first-order valence-electron chi connectivity index (χ1n) is 6.10. The van der Waals surface area contributed by atoms with Gasteiger partial charge in [0.05, 0.1) is 16.4 Å². The van der Waals surface area contributed by atoms with Crippen molar-refractivity contribution < 1.29 is 4.79 Å². The molecule has 5 heteroatoms. The minimum absolute atomic E-state index is 0.0550. The maximum Gasteiger partial charge on any atom is 0.244 e. The molecule has 18 heavy (non-hydrogen) atoms. The van der Waals surface area contributed by atoms with E-state index in [1.165, 1.54) is 0 Å². The first-order valence-corrected chi connectivity index (χ1v) is 6.48. The van der Waals surface area contributed by atoms with Crippen molar-refractivity contribution in [3.63, 3.8) is 0 Å². The molecule has 0 aromatic heterocycles. The smallest absolute Gasteiger partial charge is 0.244 e. The molecule has 0 aliphatic rings. The van der Waals surface area contributed by atoms with Crippen LogP contribution in [0.15, 0.2) is 18.2 Å². The number of nitrogens with two attached hydrogens (primary N) is 1. The maximum atomic E-state index is 12.1. The summed E-state index contributed by atoms with van der Waals surface area (Å²) in [4.78, 5) is 13.9. The number of anilines is 2. The van der Waals surface area contributed by atoms with Gasteiger partial charge in [0.15, 0.2) is 0 Å². The van der Waals surface area contributed by atoms with Gasteiger partial charge in [-0.1, -0.05) is 17.7 Å². The van der Waals surface area contributed by atoms with Crippen LogP contribution < -0.4 is 11.1 Å². The van der Waals surface area contributed by atoms with E-state index in [1.54, 1.807) is 17.0 Å². The number of carbonyl (C=O) groups is 1. The number of hydrogen-bond donors (Lipinski definition) is 2. The molecule has 0 saturated carbocycles. The molecule has 0 aliphatic carbocycles. The molecule has 100 valence electrons. The van der Waals surface area contributed by atoms with Crippen molar-refractivity contribution in [2.45, 2.75) is 26.8 Å². The molecule has 1 aromatic rings. The third-order valence-electron chi connectivity index (χ3n) is 2.87. The van der Waals surface area contributed by atoms with Gasteiger partial charge in [-0.3, -0.25) is 4.79 Å². The molecular formula is C13H20ClN3O. The average molecular weight is 270 g/mol. The summed E-state index contributed by atoms with van der Waals surface area (Å²) in [6.07, 6.45) is 0. The Kier molecular flexibility index (Phi) is 5.28. The van der Waals surface area contributed by atoms with Crippen molar-refractivity contribution in [1.29, 1.82) is 0 Å². The molecule has 1 amide bonds. The van der Waals surface area contributed by atoms with Gasteiger partial charge in [0.1, 0.15) is 6.04 Å². The van der Waals surface area contributed by atoms with Crippen LogP contribution in [0.4, 0.5) is 11.4 Å². The van der Waals surface area contributed by atoms with Gasteiger partial charge in [-0.2, -0.15) is 0 Å². The Morgan fingerprint density at radius 2 is 2.06 bits per heavy atom. The van der Waals surface area contributed by atoms with Gasteiger partial charge in [-0.05, 0) is 32.9 Å². The standard InChI is InChI=1S/C13H20ClN3O/c1-4-17(5-2)13(18)9(3)16-11-8-6-7-10(14)12(11)15/h6-9,16H,4-5,15H2,1-3H3. The Labute approximate surface area is 113 Å². The first kappa shape index (κ1) is 14.6. The molecule has 0 saturated heterocycles. The van der Waals surface area contributed by atoms with Crippen LogP contribution in [0.5, 0.6) is 0 Å². The lowest BCUT2D eigenvalue weighted by molar-refractivity contribution is -0.131. The average Bonchev–Trinajstić information content (AvgIpc) is 2.36. The highest BCUT2D eigenvalue weighted by atomic mass is 35.5. The third-order valence-corrected chi connectivity index (χ3v) is 3.20. The number of amides is 1. The fourth-order valence-corrected chi connectivity index (χ4v) is 1.94. The topological polar surface area (TPSA) is 58.4 Å². The Hall–Kier alpha value is -1.42. The number of hydrogen-bond acceptors (Lipinski definition) is 3. The number of nitrogens with zero attached hydrogens (tertiary/aromatic N) is 1. The summed E-state index contributed by atoms with van der Waals surface area (Å²) in [7, 11) is 0. The van der Waals surface area contributed by atoms with Crippen LogP contribution >= 0.6 is 11.6 Å². The van der Waals surface area contributed by atoms with Crippen LogP contribution in [0.25, 0.3) is 0 Å². The Bertz CT molecular complexity index is 419. The van der Waals surface area contributed by atoms with E-state index in [-0.39, 0.29) is 11.9 Å². The Morgan fingerprint density at radius 1 is 1.44 bits per heavy atom. The number of nitrogen functional groups attached to an aromatic ring is 1. The number of benzene rings is 1. The molecule has 0 radical (unpaired) electrons. The Morgan fingerprint density at radius 3 is 2.61 bits per heavy atom. The van der Waals surface area contributed by atoms with Gasteiger partial charge in [0.25, 0.3) is 0 Å². The van der Waals surface area contributed by atoms with Crippen molar-refractivity contribution in [3.8, 4) is 0 Å². The second-order valence-electron chi connectivity index (χ2n) is 4.08. The largest absolute Gasteiger partial charge is 0.396 e. The highest BCUT2D eigenvalue weighted by molar-refractivity contribution is 6.33. The fraction of sp³-hybridized carbons (Fsp3) is 0.462. The van der Waals surface area contributed by atoms with Gasteiger partial charge in [-0.15, -0.1) is 0 Å². The van der Waals surface area contributed by atoms with E-state index in [4.69, 9.17) is 17.3 Å². The normalized spacial score (nSPS) is 12.0. The van der Waals surface area contributed by atoms with Crippen LogP contribution in [0.2, 0.25) is 5.02 Å². The lowest BCUT2D eigenvalue weighted by Crippen LogP contribution is -2.41. The van der Waals surface area contributed by atoms with Crippen LogP contribution in [0.3, 0.4) is 0 Å². The minimum atomic E-state index is -0.328. The van der Waals surface area contributed by atoms with Crippen LogP contribution in [0, 0.1) is 0 Å². The molecular weight excluding hydrogens is 250 g/mol. The SMILES string of the molecule is CCN(CC)C(=O)C(C)Nc1cccc(Cl)c1N. The Balaban J connectivity index is 2.78. The van der Waals surface area contributed by atoms with E-state index in [1.807, 2.05) is 26.8 Å². The molecule has 4 nitrogen and oxygen atoms in total. The summed E-state index contributed by atoms with van der Waals surface area (Å²) < 4.78 is 0. The van der Waals surface area contributed by atoms with E-state index in [0.717, 1.165) is 0 Å². The number of carbonyl (C=O) groups excluding carboxylic acids is 1. The molecule has 1 unspecified atom stereocenters. The zero-order valence-corrected chi connectivity index (χ0v) is 11.8. The third kappa shape index (κ3) is 3.29. The van der Waals surface area contributed by atoms with Crippen molar-refractivity contribution in [3.05, 3.63) is 23.2 Å². The highest BCUT2D eigenvalue weighted by Crippen LogP contribution is 2.27. The molecule has 1 rings (SSSR count). The summed E-state index contributed by atoms with van der Waals surface area (Å²) in [6, 6.07) is 5.01.